The SMILES string of the molecule is Cc1ccc(N(c2ccccc2)c2ccc(C)cc2)cc1.Cc1ccc(Oc2ccc(C)cc2)cc1.Cc1cccc(N(c2ccccc2)c2cccc(C)c2)c1.Cc1cccc(Oc2cccc(C)c2)c1. The minimum absolute atomic E-state index is 0.879. The van der Waals surface area contributed by atoms with Crippen molar-refractivity contribution < 1.29 is 9.47 Å². The lowest BCUT2D eigenvalue weighted by Gasteiger charge is -2.26. The zero-order chi connectivity index (χ0) is 50.7. The summed E-state index contributed by atoms with van der Waals surface area (Å²) in [6, 6.07) is 87.7. The van der Waals surface area contributed by atoms with Gasteiger partial charge in [-0.1, -0.05) is 156 Å². The molecule has 0 radical (unpaired) electrons. The molecule has 0 aliphatic carbocycles. The molecular weight excluding hydrogens is 877 g/mol. The van der Waals surface area contributed by atoms with Crippen LogP contribution >= 0.6 is 0 Å². The second kappa shape index (κ2) is 25.8. The Bertz CT molecular complexity index is 3010. The third-order valence-electron chi connectivity index (χ3n) is 11.6. The number of hydrogen-bond donors (Lipinski definition) is 0. The molecule has 360 valence electrons. The monoisotopic (exact) mass is 943 g/mol. The van der Waals surface area contributed by atoms with Crippen molar-refractivity contribution >= 4 is 34.1 Å². The molecule has 0 amide bonds. The summed E-state index contributed by atoms with van der Waals surface area (Å²) in [5.74, 6) is 3.54. The molecule has 0 spiro atoms. The molecule has 0 bridgehead atoms. The molecule has 0 aliphatic rings. The van der Waals surface area contributed by atoms with Gasteiger partial charge >= 0.3 is 0 Å². The molecule has 4 nitrogen and oxygen atoms in total. The van der Waals surface area contributed by atoms with Crippen molar-refractivity contribution in [2.24, 2.45) is 0 Å². The van der Waals surface area contributed by atoms with Gasteiger partial charge in [0.2, 0.25) is 0 Å². The Morgan fingerprint density at radius 2 is 0.458 bits per heavy atom. The minimum Gasteiger partial charge on any atom is -0.457 e. The zero-order valence-corrected chi connectivity index (χ0v) is 43.0. The number of rotatable bonds is 10. The number of aryl methyl sites for hydroxylation is 8. The highest BCUT2D eigenvalue weighted by Gasteiger charge is 2.13. The molecule has 0 unspecified atom stereocenters. The molecule has 0 aliphatic heterocycles. The fraction of sp³-hybridized carbons (Fsp3) is 0.118. The number of hydrogen-bond acceptors (Lipinski definition) is 4. The van der Waals surface area contributed by atoms with Crippen LogP contribution in [0, 0.1) is 55.4 Å². The van der Waals surface area contributed by atoms with E-state index in [9.17, 15) is 0 Å². The van der Waals surface area contributed by atoms with Crippen molar-refractivity contribution in [3.8, 4) is 23.0 Å². The van der Waals surface area contributed by atoms with Gasteiger partial charge in [-0.3, -0.25) is 0 Å². The number of anilines is 6. The first-order chi connectivity index (χ1) is 34.9. The Hall–Kier alpha value is -8.60. The highest BCUT2D eigenvalue weighted by Crippen LogP contribution is 2.36. The van der Waals surface area contributed by atoms with Gasteiger partial charge in [0.1, 0.15) is 23.0 Å². The first-order valence-electron chi connectivity index (χ1n) is 24.6. The van der Waals surface area contributed by atoms with Gasteiger partial charge in [-0.25, -0.2) is 0 Å². The second-order valence-corrected chi connectivity index (χ2v) is 18.2. The van der Waals surface area contributed by atoms with Crippen LogP contribution in [0.25, 0.3) is 0 Å². The van der Waals surface area contributed by atoms with Crippen molar-refractivity contribution in [2.45, 2.75) is 55.4 Å². The summed E-state index contributed by atoms with van der Waals surface area (Å²) in [7, 11) is 0. The number of benzene rings is 10. The van der Waals surface area contributed by atoms with E-state index in [0.717, 1.165) is 23.0 Å². The lowest BCUT2D eigenvalue weighted by molar-refractivity contribution is 0.482. The predicted octanol–water partition coefficient (Wildman–Crippen LogP) is 19.7. The van der Waals surface area contributed by atoms with Gasteiger partial charge in [0, 0.05) is 34.1 Å². The van der Waals surface area contributed by atoms with Gasteiger partial charge in [-0.15, -0.1) is 0 Å². The van der Waals surface area contributed by atoms with E-state index in [1.54, 1.807) is 0 Å². The fourth-order valence-electron chi connectivity index (χ4n) is 7.81. The Kier molecular flexibility index (Phi) is 18.4. The molecule has 0 fully saturated rings. The van der Waals surface area contributed by atoms with Gasteiger partial charge in [-0.2, -0.15) is 0 Å². The van der Waals surface area contributed by atoms with E-state index in [1.807, 2.05) is 97.1 Å². The van der Waals surface area contributed by atoms with E-state index in [2.05, 4.69) is 223 Å². The molecule has 10 aromatic rings. The quantitative estimate of drug-likeness (QED) is 0.136. The lowest BCUT2D eigenvalue weighted by Crippen LogP contribution is -2.10. The van der Waals surface area contributed by atoms with Crippen LogP contribution in [-0.4, -0.2) is 0 Å². The smallest absolute Gasteiger partial charge is 0.127 e. The maximum Gasteiger partial charge on any atom is 0.127 e. The minimum atomic E-state index is 0.879. The Balaban J connectivity index is 0.000000143. The van der Waals surface area contributed by atoms with Crippen LogP contribution < -0.4 is 19.3 Å². The summed E-state index contributed by atoms with van der Waals surface area (Å²) in [6.07, 6.45) is 0. The molecule has 10 rings (SSSR count). The Morgan fingerprint density at radius 3 is 0.792 bits per heavy atom. The van der Waals surface area contributed by atoms with E-state index in [0.29, 0.717) is 0 Å². The maximum absolute atomic E-state index is 5.74. The average molecular weight is 943 g/mol. The highest BCUT2D eigenvalue weighted by atomic mass is 16.5. The summed E-state index contributed by atoms with van der Waals surface area (Å²) in [5, 5.41) is 0. The van der Waals surface area contributed by atoms with Crippen LogP contribution in [0.15, 0.2) is 255 Å². The van der Waals surface area contributed by atoms with Crippen molar-refractivity contribution in [2.75, 3.05) is 9.80 Å². The van der Waals surface area contributed by atoms with Gasteiger partial charge in [0.15, 0.2) is 0 Å². The summed E-state index contributed by atoms with van der Waals surface area (Å²) in [5.41, 5.74) is 17.1. The number of nitrogens with zero attached hydrogens (tertiary/aromatic N) is 2. The average Bonchev–Trinajstić information content (AvgIpc) is 3.38. The van der Waals surface area contributed by atoms with Crippen molar-refractivity contribution in [1.82, 2.24) is 0 Å². The Morgan fingerprint density at radius 1 is 0.194 bits per heavy atom. The van der Waals surface area contributed by atoms with Crippen LogP contribution in [0.5, 0.6) is 23.0 Å². The topological polar surface area (TPSA) is 24.9 Å². The van der Waals surface area contributed by atoms with Gasteiger partial charge in [0.05, 0.1) is 0 Å². The second-order valence-electron chi connectivity index (χ2n) is 18.2. The van der Waals surface area contributed by atoms with E-state index in [4.69, 9.17) is 9.47 Å². The molecule has 4 heteroatoms. The fourth-order valence-corrected chi connectivity index (χ4v) is 7.81. The molecule has 72 heavy (non-hydrogen) atoms. The van der Waals surface area contributed by atoms with Gasteiger partial charge < -0.3 is 19.3 Å². The molecule has 0 heterocycles. The number of para-hydroxylation sites is 2. The van der Waals surface area contributed by atoms with Crippen LogP contribution in [0.2, 0.25) is 0 Å². The van der Waals surface area contributed by atoms with Gasteiger partial charge in [-0.05, 0) is 199 Å². The van der Waals surface area contributed by atoms with Crippen LogP contribution in [0.1, 0.15) is 44.5 Å². The summed E-state index contributed by atoms with van der Waals surface area (Å²) in [6.45, 7) is 16.7. The molecule has 10 aromatic carbocycles. The first-order valence-corrected chi connectivity index (χ1v) is 24.6. The van der Waals surface area contributed by atoms with Gasteiger partial charge in [0.25, 0.3) is 0 Å². The van der Waals surface area contributed by atoms with E-state index in [-0.39, 0.29) is 0 Å². The Labute approximate surface area is 429 Å². The van der Waals surface area contributed by atoms with Crippen LogP contribution in [0.3, 0.4) is 0 Å². The van der Waals surface area contributed by atoms with Crippen molar-refractivity contribution in [1.29, 1.82) is 0 Å². The molecule has 0 N–H and O–H groups in total. The first kappa shape index (κ1) is 51.3. The number of ether oxygens (including phenoxy) is 2. The normalized spacial score (nSPS) is 10.2. The molecule has 0 saturated heterocycles. The highest BCUT2D eigenvalue weighted by molar-refractivity contribution is 5.78. The zero-order valence-electron chi connectivity index (χ0n) is 43.0. The predicted molar refractivity (Wildman–Crippen MR) is 306 cm³/mol. The van der Waals surface area contributed by atoms with E-state index >= 15 is 0 Å². The van der Waals surface area contributed by atoms with E-state index < -0.39 is 0 Å². The van der Waals surface area contributed by atoms with Crippen molar-refractivity contribution in [3.05, 3.63) is 299 Å². The summed E-state index contributed by atoms with van der Waals surface area (Å²) >= 11 is 0. The molecule has 0 aromatic heterocycles. The summed E-state index contributed by atoms with van der Waals surface area (Å²) in [4.78, 5) is 4.57. The molecule has 0 saturated carbocycles. The summed E-state index contributed by atoms with van der Waals surface area (Å²) < 4.78 is 11.4. The third-order valence-corrected chi connectivity index (χ3v) is 11.6. The van der Waals surface area contributed by atoms with E-state index in [1.165, 1.54) is 78.6 Å². The largest absolute Gasteiger partial charge is 0.457 e. The molecule has 0 atom stereocenters. The molecular formula is C68H66N2O2. The van der Waals surface area contributed by atoms with Crippen molar-refractivity contribution in [3.63, 3.8) is 0 Å². The standard InChI is InChI=1S/2C20H19N.2C14H14O/c1-16-8-6-12-19(14-16)21(18-10-4-3-5-11-18)20-13-7-9-17(2)15-20;1-16-8-12-19(13-9-16)21(18-6-4-3-5-7-18)20-14-10-17(2)11-15-20;1-11-3-7-13(8-4-11)15-14-9-5-12(2)6-10-14;1-11-5-3-7-13(9-11)15-14-8-4-6-12(2)10-14/h2*3-15H,1-2H3;2*3-10H,1-2H3. The van der Waals surface area contributed by atoms with Crippen LogP contribution in [-0.2, 0) is 0 Å². The lowest BCUT2D eigenvalue weighted by atomic mass is 10.1. The third kappa shape index (κ3) is 15.7. The maximum atomic E-state index is 5.74. The van der Waals surface area contributed by atoms with Crippen LogP contribution in [0.4, 0.5) is 34.1 Å².